The maximum atomic E-state index is 13.8. The number of hydrogen-bond acceptors (Lipinski definition) is 4. The summed E-state index contributed by atoms with van der Waals surface area (Å²) >= 11 is 0. The molecule has 0 radical (unpaired) electrons. The quantitative estimate of drug-likeness (QED) is 0.242. The van der Waals surface area contributed by atoms with Crippen molar-refractivity contribution >= 4 is 29.8 Å². The number of nitrogens with one attached hydrogen (secondary N) is 1. The lowest BCUT2D eigenvalue weighted by Gasteiger charge is -2.31. The summed E-state index contributed by atoms with van der Waals surface area (Å²) in [6.45, 7) is 5.63. The third kappa shape index (κ3) is 5.14. The summed E-state index contributed by atoms with van der Waals surface area (Å²) in [5.74, 6) is 2.61. The molecule has 3 N–H and O–H groups in total. The number of hydrogen-bond donors (Lipinski definition) is 2. The fraction of sp³-hybridized carbons (Fsp3) is 0.227. The molecule has 0 aliphatic carbocycles. The van der Waals surface area contributed by atoms with Crippen LogP contribution < -0.4 is 11.2 Å². The minimum atomic E-state index is -1.19. The van der Waals surface area contributed by atoms with Gasteiger partial charge in [-0.05, 0) is 55.5 Å². The van der Waals surface area contributed by atoms with Crippen LogP contribution in [0.2, 0.25) is 0 Å². The first-order valence-corrected chi connectivity index (χ1v) is 9.77. The van der Waals surface area contributed by atoms with Crippen LogP contribution in [0, 0.1) is 11.6 Å². The normalized spacial score (nSPS) is 14.4. The number of halogens is 3. The smallest absolute Gasteiger partial charge is 0.258 e. The van der Waals surface area contributed by atoms with Crippen molar-refractivity contribution in [1.29, 1.82) is 0 Å². The van der Waals surface area contributed by atoms with Crippen LogP contribution in [0.15, 0.2) is 58.1 Å². The molecule has 0 spiro atoms. The number of benzene rings is 2. The van der Waals surface area contributed by atoms with Crippen LogP contribution in [-0.2, 0) is 0 Å². The predicted octanol–water partition coefficient (Wildman–Crippen LogP) is 3.77. The van der Waals surface area contributed by atoms with Gasteiger partial charge in [0.15, 0.2) is 18.4 Å². The van der Waals surface area contributed by atoms with Gasteiger partial charge in [-0.1, -0.05) is 23.8 Å². The van der Waals surface area contributed by atoms with E-state index in [9.17, 15) is 18.0 Å². The molecule has 1 heterocycles. The van der Waals surface area contributed by atoms with Crippen molar-refractivity contribution in [3.8, 4) is 0 Å². The molecule has 0 unspecified atom stereocenters. The number of aliphatic imine (C=N–C) groups is 1. The fourth-order valence-electron chi connectivity index (χ4n) is 3.34. The standard InChI is InChI=1S/C22H23F3N6O/c1-14-10-11-30(22(27-2)29-31(26)13-23)12-18(14)15-6-8-16(9-7-15)28-21(32)17-4-3-5-19(24)20(17)25/h3-9H,2,10-13,26H2,1H3,(H,28,32)/b29-22+. The first kappa shape index (κ1) is 23.0. The molecule has 0 aromatic heterocycles. The van der Waals surface area contributed by atoms with Gasteiger partial charge in [0, 0.05) is 18.8 Å². The van der Waals surface area contributed by atoms with E-state index < -0.39 is 24.3 Å². The van der Waals surface area contributed by atoms with E-state index in [-0.39, 0.29) is 11.5 Å². The second kappa shape index (κ2) is 10.1. The number of rotatable bonds is 5. The highest BCUT2D eigenvalue weighted by atomic mass is 19.2. The first-order valence-electron chi connectivity index (χ1n) is 9.77. The summed E-state index contributed by atoms with van der Waals surface area (Å²) in [4.78, 5) is 18.0. The highest BCUT2D eigenvalue weighted by molar-refractivity contribution is 6.04. The molecule has 10 heteroatoms. The summed E-state index contributed by atoms with van der Waals surface area (Å²) in [6, 6.07) is 10.4. The number of hydrazine groups is 1. The van der Waals surface area contributed by atoms with Gasteiger partial charge in [0.2, 0.25) is 5.96 Å². The molecule has 0 bridgehead atoms. The Bertz CT molecular complexity index is 1070. The number of nitrogens with zero attached hydrogens (tertiary/aromatic N) is 4. The van der Waals surface area contributed by atoms with Crippen LogP contribution in [0.3, 0.4) is 0 Å². The molecule has 2 aromatic rings. The fourth-order valence-corrected chi connectivity index (χ4v) is 3.34. The highest BCUT2D eigenvalue weighted by Crippen LogP contribution is 2.28. The zero-order valence-corrected chi connectivity index (χ0v) is 17.5. The van der Waals surface area contributed by atoms with Gasteiger partial charge in [-0.3, -0.25) is 4.79 Å². The van der Waals surface area contributed by atoms with Gasteiger partial charge in [-0.15, -0.1) is 5.10 Å². The molecule has 2 aromatic carbocycles. The van der Waals surface area contributed by atoms with Crippen LogP contribution in [0.5, 0.6) is 0 Å². The molecule has 7 nitrogen and oxygen atoms in total. The van der Waals surface area contributed by atoms with Gasteiger partial charge in [-0.2, -0.15) is 5.12 Å². The molecule has 32 heavy (non-hydrogen) atoms. The Balaban J connectivity index is 1.76. The number of guanidine groups is 1. The average molecular weight is 444 g/mol. The summed E-state index contributed by atoms with van der Waals surface area (Å²) in [6.07, 6.45) is 0.738. The molecular weight excluding hydrogens is 421 g/mol. The Kier molecular flexibility index (Phi) is 7.26. The molecule has 1 amide bonds. The Morgan fingerprint density at radius 1 is 1.25 bits per heavy atom. The van der Waals surface area contributed by atoms with Crippen molar-refractivity contribution < 1.29 is 18.0 Å². The van der Waals surface area contributed by atoms with E-state index in [2.05, 4.69) is 22.1 Å². The molecule has 0 fully saturated rings. The van der Waals surface area contributed by atoms with Crippen LogP contribution in [0.25, 0.3) is 5.57 Å². The lowest BCUT2D eigenvalue weighted by molar-refractivity contribution is 0.102. The molecule has 3 rings (SSSR count). The Morgan fingerprint density at radius 3 is 2.62 bits per heavy atom. The van der Waals surface area contributed by atoms with Crippen molar-refractivity contribution in [2.45, 2.75) is 13.3 Å². The molecule has 0 saturated heterocycles. The minimum absolute atomic E-state index is 0.219. The van der Waals surface area contributed by atoms with E-state index in [0.29, 0.717) is 23.9 Å². The topological polar surface area (TPSA) is 86.3 Å². The SMILES string of the molecule is C=N/C(=N\N(N)CF)N1CCC(C)=C(c2ccc(NC(=O)c3cccc(F)c3F)cc2)C1. The zero-order chi connectivity index (χ0) is 23.3. The van der Waals surface area contributed by atoms with Crippen LogP contribution >= 0.6 is 0 Å². The monoisotopic (exact) mass is 444 g/mol. The van der Waals surface area contributed by atoms with Crippen LogP contribution in [0.1, 0.15) is 29.3 Å². The first-order chi connectivity index (χ1) is 15.3. The van der Waals surface area contributed by atoms with Gasteiger partial charge >= 0.3 is 0 Å². The Labute approximate surface area is 183 Å². The molecule has 0 atom stereocenters. The number of amides is 1. The molecule has 168 valence electrons. The second-order valence-electron chi connectivity index (χ2n) is 7.18. The van der Waals surface area contributed by atoms with Gasteiger partial charge in [0.05, 0.1) is 5.56 Å². The van der Waals surface area contributed by atoms with E-state index in [4.69, 9.17) is 5.84 Å². The van der Waals surface area contributed by atoms with Gasteiger partial charge in [-0.25, -0.2) is 24.0 Å². The maximum absolute atomic E-state index is 13.8. The van der Waals surface area contributed by atoms with Gasteiger partial charge in [0.1, 0.15) is 0 Å². The van der Waals surface area contributed by atoms with Crippen molar-refractivity contribution in [1.82, 2.24) is 10.0 Å². The van der Waals surface area contributed by atoms with Crippen LogP contribution in [0.4, 0.5) is 18.9 Å². The number of carbonyl (C=O) groups excluding carboxylic acids is 1. The zero-order valence-electron chi connectivity index (χ0n) is 17.5. The van der Waals surface area contributed by atoms with E-state index >= 15 is 0 Å². The highest BCUT2D eigenvalue weighted by Gasteiger charge is 2.21. The number of nitrogens with two attached hydrogens (primary N) is 1. The largest absolute Gasteiger partial charge is 0.335 e. The summed E-state index contributed by atoms with van der Waals surface area (Å²) in [7, 11) is 0. The van der Waals surface area contributed by atoms with Gasteiger partial charge < -0.3 is 10.2 Å². The van der Waals surface area contributed by atoms with Crippen molar-refractivity contribution in [2.75, 3.05) is 25.2 Å². The summed E-state index contributed by atoms with van der Waals surface area (Å²) in [5, 5.41) is 7.11. The van der Waals surface area contributed by atoms with E-state index in [1.807, 2.05) is 24.0 Å². The van der Waals surface area contributed by atoms with Crippen molar-refractivity contribution in [3.05, 3.63) is 70.8 Å². The third-order valence-electron chi connectivity index (χ3n) is 5.07. The lowest BCUT2D eigenvalue weighted by atomic mass is 9.95. The number of hydrazone groups is 1. The summed E-state index contributed by atoms with van der Waals surface area (Å²) < 4.78 is 39.9. The molecule has 1 aliphatic heterocycles. The van der Waals surface area contributed by atoms with E-state index in [1.54, 1.807) is 12.1 Å². The minimum Gasteiger partial charge on any atom is -0.335 e. The number of anilines is 1. The lowest BCUT2D eigenvalue weighted by Crippen LogP contribution is -2.38. The Hall–Kier alpha value is -3.66. The predicted molar refractivity (Wildman–Crippen MR) is 119 cm³/mol. The maximum Gasteiger partial charge on any atom is 0.258 e. The van der Waals surface area contributed by atoms with Gasteiger partial charge in [0.25, 0.3) is 5.91 Å². The van der Waals surface area contributed by atoms with E-state index in [1.165, 1.54) is 17.7 Å². The average Bonchev–Trinajstić information content (AvgIpc) is 2.80. The van der Waals surface area contributed by atoms with E-state index in [0.717, 1.165) is 23.6 Å². The van der Waals surface area contributed by atoms with Crippen molar-refractivity contribution in [3.63, 3.8) is 0 Å². The second-order valence-corrected chi connectivity index (χ2v) is 7.18. The summed E-state index contributed by atoms with van der Waals surface area (Å²) in [5.41, 5.74) is 3.15. The third-order valence-corrected chi connectivity index (χ3v) is 5.07. The number of alkyl halides is 1. The molecular formula is C22H23F3N6O. The molecule has 1 aliphatic rings. The molecule has 0 saturated carbocycles. The Morgan fingerprint density at radius 2 is 1.97 bits per heavy atom. The van der Waals surface area contributed by atoms with Crippen LogP contribution in [-0.4, -0.2) is 48.5 Å². The number of carbonyl (C=O) groups is 1. The van der Waals surface area contributed by atoms with Crippen molar-refractivity contribution in [2.24, 2.45) is 15.9 Å².